The molecule has 0 amide bonds. The molecule has 0 bridgehead atoms. The van der Waals surface area contributed by atoms with Crippen molar-refractivity contribution in [1.82, 2.24) is 4.98 Å². The van der Waals surface area contributed by atoms with Crippen molar-refractivity contribution in [2.24, 2.45) is 0 Å². The molecule has 5 nitrogen and oxygen atoms in total. The van der Waals surface area contributed by atoms with Gasteiger partial charge in [0, 0.05) is 11.2 Å². The second kappa shape index (κ2) is 5.46. The second-order valence-electron chi connectivity index (χ2n) is 3.61. The number of halogens is 1. The van der Waals surface area contributed by atoms with Gasteiger partial charge in [-0.2, -0.15) is 0 Å². The molecule has 0 aliphatic rings. The van der Waals surface area contributed by atoms with Crippen molar-refractivity contribution in [3.05, 3.63) is 47.6 Å². The molecule has 0 saturated heterocycles. The Kier molecular flexibility index (Phi) is 3.92. The van der Waals surface area contributed by atoms with Gasteiger partial charge >= 0.3 is 0 Å². The number of anilines is 1. The van der Waals surface area contributed by atoms with Gasteiger partial charge in [0.15, 0.2) is 11.6 Å². The van der Waals surface area contributed by atoms with Gasteiger partial charge in [-0.05, 0) is 36.4 Å². The van der Waals surface area contributed by atoms with Crippen molar-refractivity contribution in [1.29, 1.82) is 0 Å². The van der Waals surface area contributed by atoms with Gasteiger partial charge in [0.2, 0.25) is 0 Å². The number of hydrogen-bond donors (Lipinski definition) is 1. The van der Waals surface area contributed by atoms with Crippen LogP contribution in [0.25, 0.3) is 0 Å². The van der Waals surface area contributed by atoms with Gasteiger partial charge in [0.1, 0.15) is 0 Å². The van der Waals surface area contributed by atoms with Gasteiger partial charge < -0.3 is 4.74 Å². The third-order valence-electron chi connectivity index (χ3n) is 2.35. The maximum absolute atomic E-state index is 12.1. The topological polar surface area (TPSA) is 68.3 Å². The van der Waals surface area contributed by atoms with Crippen LogP contribution in [0.1, 0.15) is 0 Å². The molecule has 1 aromatic carbocycles. The Balaban J connectivity index is 2.34. The molecule has 0 radical (unpaired) electrons. The van der Waals surface area contributed by atoms with Crippen molar-refractivity contribution in [3.63, 3.8) is 0 Å². The molecule has 2 rings (SSSR count). The van der Waals surface area contributed by atoms with Crippen LogP contribution in [0.5, 0.6) is 5.75 Å². The van der Waals surface area contributed by atoms with E-state index in [9.17, 15) is 8.42 Å². The Hall–Kier alpha value is -1.79. The third-order valence-corrected chi connectivity index (χ3v) is 3.95. The molecule has 0 atom stereocenters. The molecule has 0 aliphatic heterocycles. The molecule has 19 heavy (non-hydrogen) atoms. The number of hydrogen-bond acceptors (Lipinski definition) is 4. The SMILES string of the molecule is COc1cccnc1NS(=O)(=O)c1ccc(Cl)cc1. The molecule has 0 unspecified atom stereocenters. The molecule has 0 saturated carbocycles. The number of sulfonamides is 1. The molecule has 2 aromatic rings. The molecular weight excluding hydrogens is 288 g/mol. The number of nitrogens with one attached hydrogen (secondary N) is 1. The standard InChI is InChI=1S/C12H11ClN2O3S/c1-18-11-3-2-8-14-12(11)15-19(16,17)10-6-4-9(13)5-7-10/h2-8H,1H3,(H,14,15). The van der Waals surface area contributed by atoms with Crippen LogP contribution in [-0.4, -0.2) is 20.5 Å². The molecule has 0 aliphatic carbocycles. The zero-order valence-electron chi connectivity index (χ0n) is 10.00. The van der Waals surface area contributed by atoms with E-state index in [1.807, 2.05) is 0 Å². The number of methoxy groups -OCH3 is 1. The summed E-state index contributed by atoms with van der Waals surface area (Å²) in [4.78, 5) is 4.04. The van der Waals surface area contributed by atoms with Crippen molar-refractivity contribution < 1.29 is 13.2 Å². The summed E-state index contributed by atoms with van der Waals surface area (Å²) in [7, 11) is -2.27. The first kappa shape index (κ1) is 13.6. The molecule has 1 N–H and O–H groups in total. The van der Waals surface area contributed by atoms with E-state index >= 15 is 0 Å². The highest BCUT2D eigenvalue weighted by atomic mass is 35.5. The molecule has 100 valence electrons. The van der Waals surface area contributed by atoms with Crippen LogP contribution in [0.3, 0.4) is 0 Å². The summed E-state index contributed by atoms with van der Waals surface area (Å²) in [5.41, 5.74) is 0. The van der Waals surface area contributed by atoms with Crippen molar-refractivity contribution >= 4 is 27.4 Å². The number of nitrogens with zero attached hydrogens (tertiary/aromatic N) is 1. The Bertz CT molecular complexity index is 672. The van der Waals surface area contributed by atoms with Crippen LogP contribution in [0.4, 0.5) is 5.82 Å². The summed E-state index contributed by atoms with van der Waals surface area (Å²) in [6.07, 6.45) is 1.47. The van der Waals surface area contributed by atoms with Crippen LogP contribution < -0.4 is 9.46 Å². The lowest BCUT2D eigenvalue weighted by atomic mass is 10.4. The van der Waals surface area contributed by atoms with E-state index in [-0.39, 0.29) is 10.7 Å². The van der Waals surface area contributed by atoms with Gasteiger partial charge in [0.05, 0.1) is 12.0 Å². The smallest absolute Gasteiger partial charge is 0.263 e. The highest BCUT2D eigenvalue weighted by Gasteiger charge is 2.16. The van der Waals surface area contributed by atoms with Crippen molar-refractivity contribution in [2.75, 3.05) is 11.8 Å². The number of pyridine rings is 1. The third kappa shape index (κ3) is 3.15. The Morgan fingerprint density at radius 2 is 1.89 bits per heavy atom. The van der Waals surface area contributed by atoms with Gasteiger partial charge in [-0.3, -0.25) is 4.72 Å². The summed E-state index contributed by atoms with van der Waals surface area (Å²) in [6, 6.07) is 9.11. The molecule has 1 heterocycles. The van der Waals surface area contributed by atoms with Crippen LogP contribution in [0.2, 0.25) is 5.02 Å². The first-order valence-corrected chi connectivity index (χ1v) is 7.16. The minimum Gasteiger partial charge on any atom is -0.493 e. The van der Waals surface area contributed by atoms with Gasteiger partial charge in [0.25, 0.3) is 10.0 Å². The van der Waals surface area contributed by atoms with Crippen LogP contribution >= 0.6 is 11.6 Å². The lowest BCUT2D eigenvalue weighted by Gasteiger charge is -2.10. The quantitative estimate of drug-likeness (QED) is 0.942. The summed E-state index contributed by atoms with van der Waals surface area (Å²) in [5, 5.41) is 0.467. The average molecular weight is 299 g/mol. The van der Waals surface area contributed by atoms with Gasteiger partial charge in [-0.25, -0.2) is 13.4 Å². The lowest BCUT2D eigenvalue weighted by Crippen LogP contribution is -2.14. The first-order chi connectivity index (χ1) is 9.03. The van der Waals surface area contributed by atoms with Crippen LogP contribution in [0.15, 0.2) is 47.5 Å². The van der Waals surface area contributed by atoms with E-state index in [1.54, 1.807) is 12.1 Å². The fourth-order valence-corrected chi connectivity index (χ4v) is 2.58. The van der Waals surface area contributed by atoms with Crippen molar-refractivity contribution in [2.45, 2.75) is 4.90 Å². The summed E-state index contributed by atoms with van der Waals surface area (Å²) in [5.74, 6) is 0.486. The molecule has 1 aromatic heterocycles. The Morgan fingerprint density at radius 3 is 2.53 bits per heavy atom. The fraction of sp³-hybridized carbons (Fsp3) is 0.0833. The van der Waals surface area contributed by atoms with E-state index in [0.717, 1.165) is 0 Å². The average Bonchev–Trinajstić information content (AvgIpc) is 2.39. The van der Waals surface area contributed by atoms with E-state index in [2.05, 4.69) is 9.71 Å². The maximum atomic E-state index is 12.1. The zero-order chi connectivity index (χ0) is 13.9. The first-order valence-electron chi connectivity index (χ1n) is 5.30. The molecule has 0 fully saturated rings. The highest BCUT2D eigenvalue weighted by Crippen LogP contribution is 2.24. The molecular formula is C12H11ClN2O3S. The predicted octanol–water partition coefficient (Wildman–Crippen LogP) is 2.54. The Morgan fingerprint density at radius 1 is 1.21 bits per heavy atom. The fourth-order valence-electron chi connectivity index (χ4n) is 1.43. The number of aromatic nitrogens is 1. The lowest BCUT2D eigenvalue weighted by molar-refractivity contribution is 0.415. The molecule has 7 heteroatoms. The molecule has 0 spiro atoms. The second-order valence-corrected chi connectivity index (χ2v) is 5.73. The van der Waals surface area contributed by atoms with Gasteiger partial charge in [-0.15, -0.1) is 0 Å². The monoisotopic (exact) mass is 298 g/mol. The predicted molar refractivity (Wildman–Crippen MR) is 73.0 cm³/mol. The van der Waals surface area contributed by atoms with Gasteiger partial charge in [-0.1, -0.05) is 11.6 Å². The van der Waals surface area contributed by atoms with E-state index < -0.39 is 10.0 Å². The maximum Gasteiger partial charge on any atom is 0.263 e. The van der Waals surface area contributed by atoms with E-state index in [4.69, 9.17) is 16.3 Å². The van der Waals surface area contributed by atoms with Crippen LogP contribution in [0, 0.1) is 0 Å². The summed E-state index contributed by atoms with van der Waals surface area (Å²) in [6.45, 7) is 0. The minimum absolute atomic E-state index is 0.101. The largest absolute Gasteiger partial charge is 0.493 e. The van der Waals surface area contributed by atoms with Crippen LogP contribution in [-0.2, 0) is 10.0 Å². The summed E-state index contributed by atoms with van der Waals surface area (Å²) < 4.78 is 31.7. The highest BCUT2D eigenvalue weighted by molar-refractivity contribution is 7.92. The minimum atomic E-state index is -3.71. The number of benzene rings is 1. The number of ether oxygens (including phenoxy) is 1. The van der Waals surface area contributed by atoms with Crippen molar-refractivity contribution in [3.8, 4) is 5.75 Å². The Labute approximate surface area is 116 Å². The van der Waals surface area contributed by atoms with E-state index in [1.165, 1.54) is 37.6 Å². The normalized spacial score (nSPS) is 11.1. The zero-order valence-corrected chi connectivity index (χ0v) is 11.6. The summed E-state index contributed by atoms with van der Waals surface area (Å²) >= 11 is 5.72. The number of rotatable bonds is 4. The van der Waals surface area contributed by atoms with E-state index in [0.29, 0.717) is 10.8 Å².